The molecule has 0 aliphatic heterocycles. The Morgan fingerprint density at radius 3 is 2.18 bits per heavy atom. The molecule has 0 aliphatic carbocycles. The van der Waals surface area contributed by atoms with E-state index in [0.717, 1.165) is 17.5 Å². The van der Waals surface area contributed by atoms with E-state index in [1.165, 1.54) is 5.56 Å². The summed E-state index contributed by atoms with van der Waals surface area (Å²) >= 11 is 0. The molecule has 2 atom stereocenters. The van der Waals surface area contributed by atoms with Gasteiger partial charge in [-0.3, -0.25) is 0 Å². The van der Waals surface area contributed by atoms with Gasteiger partial charge in [0.1, 0.15) is 0 Å². The molecule has 2 aromatic carbocycles. The fraction of sp³-hybridized carbons (Fsp3) is 0.368. The Balaban J connectivity index is 1.90. The molecule has 118 valence electrons. The Hall–Kier alpha value is -1.68. The van der Waals surface area contributed by atoms with Gasteiger partial charge in [0.05, 0.1) is 12.7 Å². The van der Waals surface area contributed by atoms with Crippen molar-refractivity contribution in [2.45, 2.75) is 31.9 Å². The first-order valence-corrected chi connectivity index (χ1v) is 7.92. The molecule has 0 bridgehead atoms. The number of benzene rings is 2. The maximum Gasteiger partial charge on any atom is 0.0802 e. The normalized spacial score (nSPS) is 13.8. The van der Waals surface area contributed by atoms with Crippen LogP contribution in [0, 0.1) is 0 Å². The Bertz CT molecular complexity index is 535. The Morgan fingerprint density at radius 2 is 1.59 bits per heavy atom. The van der Waals surface area contributed by atoms with Crippen molar-refractivity contribution in [1.82, 2.24) is 5.32 Å². The van der Waals surface area contributed by atoms with Gasteiger partial charge in [-0.1, -0.05) is 61.5 Å². The summed E-state index contributed by atoms with van der Waals surface area (Å²) in [7, 11) is 0. The molecular formula is C19H25NO2. The number of aliphatic hydroxyl groups is 2. The van der Waals surface area contributed by atoms with Gasteiger partial charge in [-0.2, -0.15) is 0 Å². The van der Waals surface area contributed by atoms with Gasteiger partial charge in [-0.25, -0.2) is 0 Å². The van der Waals surface area contributed by atoms with Crippen LogP contribution in [0.15, 0.2) is 54.6 Å². The van der Waals surface area contributed by atoms with E-state index < -0.39 is 6.10 Å². The maximum absolute atomic E-state index is 10.2. The Morgan fingerprint density at radius 1 is 0.955 bits per heavy atom. The zero-order chi connectivity index (χ0) is 15.8. The predicted octanol–water partition coefficient (Wildman–Crippen LogP) is 3.14. The number of aliphatic hydroxyl groups excluding tert-OH is 2. The summed E-state index contributed by atoms with van der Waals surface area (Å²) in [6.45, 7) is 2.87. The molecule has 0 spiro atoms. The van der Waals surface area contributed by atoms with Crippen LogP contribution in [-0.4, -0.2) is 29.4 Å². The molecule has 3 heteroatoms. The van der Waals surface area contributed by atoms with Crippen molar-refractivity contribution in [3.05, 3.63) is 60.2 Å². The Kier molecular flexibility index (Phi) is 6.59. The van der Waals surface area contributed by atoms with Crippen molar-refractivity contribution in [3.8, 4) is 11.1 Å². The highest BCUT2D eigenvalue weighted by Gasteiger charge is 2.09. The van der Waals surface area contributed by atoms with E-state index in [1.807, 2.05) is 49.4 Å². The first-order chi connectivity index (χ1) is 10.7. The van der Waals surface area contributed by atoms with E-state index in [1.54, 1.807) is 0 Å². The first kappa shape index (κ1) is 16.7. The molecule has 0 amide bonds. The smallest absolute Gasteiger partial charge is 0.0802 e. The van der Waals surface area contributed by atoms with Crippen molar-refractivity contribution in [2.24, 2.45) is 0 Å². The number of nitrogens with one attached hydrogen (secondary N) is 1. The highest BCUT2D eigenvalue weighted by Crippen LogP contribution is 2.22. The molecule has 22 heavy (non-hydrogen) atoms. The second kappa shape index (κ2) is 8.69. The average molecular weight is 299 g/mol. The van der Waals surface area contributed by atoms with E-state index in [2.05, 4.69) is 17.4 Å². The summed E-state index contributed by atoms with van der Waals surface area (Å²) in [5.41, 5.74) is 3.26. The maximum atomic E-state index is 10.2. The van der Waals surface area contributed by atoms with Crippen LogP contribution in [0.3, 0.4) is 0 Å². The number of hydrogen-bond donors (Lipinski definition) is 3. The molecule has 2 aromatic rings. The molecule has 2 unspecified atom stereocenters. The van der Waals surface area contributed by atoms with Gasteiger partial charge in [-0.05, 0) is 36.1 Å². The molecule has 0 radical (unpaired) electrons. The molecule has 2 rings (SSSR count). The lowest BCUT2D eigenvalue weighted by Gasteiger charge is -2.16. The van der Waals surface area contributed by atoms with Crippen molar-refractivity contribution < 1.29 is 10.2 Å². The largest absolute Gasteiger partial charge is 0.395 e. The van der Waals surface area contributed by atoms with Gasteiger partial charge in [0.2, 0.25) is 0 Å². The SMILES string of the molecule is CCC(CO)NCCC(O)c1ccc(-c2ccccc2)cc1. The topological polar surface area (TPSA) is 52.5 Å². The lowest BCUT2D eigenvalue weighted by Crippen LogP contribution is -2.33. The van der Waals surface area contributed by atoms with Crippen molar-refractivity contribution in [3.63, 3.8) is 0 Å². The first-order valence-electron chi connectivity index (χ1n) is 7.92. The molecule has 0 saturated carbocycles. The number of hydrogen-bond acceptors (Lipinski definition) is 3. The predicted molar refractivity (Wildman–Crippen MR) is 90.6 cm³/mol. The second-order valence-corrected chi connectivity index (χ2v) is 5.53. The van der Waals surface area contributed by atoms with Crippen molar-refractivity contribution >= 4 is 0 Å². The molecule has 0 fully saturated rings. The van der Waals surface area contributed by atoms with Gasteiger partial charge < -0.3 is 15.5 Å². The fourth-order valence-corrected chi connectivity index (χ4v) is 2.46. The Labute approximate surface area is 132 Å². The molecular weight excluding hydrogens is 274 g/mol. The van der Waals surface area contributed by atoms with Gasteiger partial charge in [0.25, 0.3) is 0 Å². The third-order valence-corrected chi connectivity index (χ3v) is 3.97. The molecule has 0 heterocycles. The highest BCUT2D eigenvalue weighted by molar-refractivity contribution is 5.63. The molecule has 0 aliphatic rings. The van der Waals surface area contributed by atoms with E-state index in [4.69, 9.17) is 5.11 Å². The van der Waals surface area contributed by atoms with Crippen molar-refractivity contribution in [2.75, 3.05) is 13.2 Å². The number of rotatable bonds is 8. The van der Waals surface area contributed by atoms with Crippen LogP contribution in [0.2, 0.25) is 0 Å². The third-order valence-electron chi connectivity index (χ3n) is 3.97. The highest BCUT2D eigenvalue weighted by atomic mass is 16.3. The van der Waals surface area contributed by atoms with E-state index in [9.17, 15) is 5.11 Å². The summed E-state index contributed by atoms with van der Waals surface area (Å²) < 4.78 is 0. The summed E-state index contributed by atoms with van der Waals surface area (Å²) in [4.78, 5) is 0. The van der Waals surface area contributed by atoms with Crippen LogP contribution in [0.25, 0.3) is 11.1 Å². The average Bonchev–Trinajstić information content (AvgIpc) is 2.59. The molecule has 0 saturated heterocycles. The minimum Gasteiger partial charge on any atom is -0.395 e. The van der Waals surface area contributed by atoms with Crippen LogP contribution in [0.1, 0.15) is 31.4 Å². The molecule has 3 nitrogen and oxygen atoms in total. The third kappa shape index (κ3) is 4.67. The quantitative estimate of drug-likeness (QED) is 0.702. The molecule has 3 N–H and O–H groups in total. The van der Waals surface area contributed by atoms with Crippen LogP contribution < -0.4 is 5.32 Å². The minimum absolute atomic E-state index is 0.118. The van der Waals surface area contributed by atoms with Crippen LogP contribution in [-0.2, 0) is 0 Å². The lowest BCUT2D eigenvalue weighted by molar-refractivity contribution is 0.161. The van der Waals surface area contributed by atoms with Gasteiger partial charge >= 0.3 is 0 Å². The summed E-state index contributed by atoms with van der Waals surface area (Å²) in [6.07, 6.45) is 1.05. The van der Waals surface area contributed by atoms with Crippen LogP contribution >= 0.6 is 0 Å². The van der Waals surface area contributed by atoms with E-state index in [-0.39, 0.29) is 12.6 Å². The zero-order valence-electron chi connectivity index (χ0n) is 13.1. The standard InChI is InChI=1S/C19H25NO2/c1-2-18(14-21)20-13-12-19(22)17-10-8-16(9-11-17)15-6-4-3-5-7-15/h3-11,18-22H,2,12-14H2,1H3. The minimum atomic E-state index is -0.478. The van der Waals surface area contributed by atoms with Gasteiger partial charge in [0.15, 0.2) is 0 Å². The van der Waals surface area contributed by atoms with Crippen LogP contribution in [0.4, 0.5) is 0 Å². The van der Waals surface area contributed by atoms with Gasteiger partial charge in [0, 0.05) is 6.04 Å². The lowest BCUT2D eigenvalue weighted by atomic mass is 10.0. The summed E-state index contributed by atoms with van der Waals surface area (Å²) in [6, 6.07) is 18.4. The zero-order valence-corrected chi connectivity index (χ0v) is 13.1. The van der Waals surface area contributed by atoms with Gasteiger partial charge in [-0.15, -0.1) is 0 Å². The summed E-state index contributed by atoms with van der Waals surface area (Å²) in [5, 5.41) is 22.6. The second-order valence-electron chi connectivity index (χ2n) is 5.53. The van der Waals surface area contributed by atoms with E-state index in [0.29, 0.717) is 13.0 Å². The van der Waals surface area contributed by atoms with Crippen LogP contribution in [0.5, 0.6) is 0 Å². The summed E-state index contributed by atoms with van der Waals surface area (Å²) in [5.74, 6) is 0. The monoisotopic (exact) mass is 299 g/mol. The van der Waals surface area contributed by atoms with Crippen molar-refractivity contribution in [1.29, 1.82) is 0 Å². The fourth-order valence-electron chi connectivity index (χ4n) is 2.46. The van der Waals surface area contributed by atoms with E-state index >= 15 is 0 Å². The molecule has 0 aromatic heterocycles.